The van der Waals surface area contributed by atoms with E-state index in [1.807, 2.05) is 24.3 Å². The van der Waals surface area contributed by atoms with Gasteiger partial charge in [0, 0.05) is 18.1 Å². The molecule has 0 bridgehead atoms. The largest absolute Gasteiger partial charge is 0.260 e. The number of nitrogens with zero attached hydrogens (tertiary/aromatic N) is 3. The highest BCUT2D eigenvalue weighted by molar-refractivity contribution is 7.98. The van der Waals surface area contributed by atoms with Crippen molar-refractivity contribution in [2.24, 2.45) is 0 Å². The summed E-state index contributed by atoms with van der Waals surface area (Å²) in [6, 6.07) is 9.67. The number of aromatic nitrogens is 2. The maximum absolute atomic E-state index is 8.66. The molecule has 0 aliphatic heterocycles. The summed E-state index contributed by atoms with van der Waals surface area (Å²) < 4.78 is 0. The molecule has 16 heavy (non-hydrogen) atoms. The molecule has 78 valence electrons. The average molecular weight is 227 g/mol. The SMILES string of the molecule is N#Cc1ccc(CSc2cnccn2)cc1. The summed E-state index contributed by atoms with van der Waals surface area (Å²) in [5, 5.41) is 9.57. The van der Waals surface area contributed by atoms with Crippen LogP contribution in [0.4, 0.5) is 0 Å². The van der Waals surface area contributed by atoms with Gasteiger partial charge in [0.25, 0.3) is 0 Å². The quantitative estimate of drug-likeness (QED) is 0.756. The summed E-state index contributed by atoms with van der Waals surface area (Å²) in [6.45, 7) is 0. The Kier molecular flexibility index (Phi) is 3.52. The summed E-state index contributed by atoms with van der Waals surface area (Å²) in [7, 11) is 0. The fourth-order valence-electron chi connectivity index (χ4n) is 1.19. The molecule has 1 aromatic heterocycles. The Hall–Kier alpha value is -1.86. The van der Waals surface area contributed by atoms with E-state index < -0.39 is 0 Å². The van der Waals surface area contributed by atoms with Crippen molar-refractivity contribution in [2.45, 2.75) is 10.8 Å². The molecule has 0 fully saturated rings. The van der Waals surface area contributed by atoms with E-state index in [2.05, 4.69) is 16.0 Å². The third-order valence-electron chi connectivity index (χ3n) is 2.01. The first-order valence-electron chi connectivity index (χ1n) is 4.76. The van der Waals surface area contributed by atoms with Gasteiger partial charge in [-0.25, -0.2) is 4.98 Å². The van der Waals surface area contributed by atoms with Crippen molar-refractivity contribution in [1.29, 1.82) is 5.26 Å². The smallest absolute Gasteiger partial charge is 0.115 e. The van der Waals surface area contributed by atoms with Gasteiger partial charge in [0.05, 0.1) is 17.8 Å². The lowest BCUT2D eigenvalue weighted by atomic mass is 10.2. The Labute approximate surface area is 98.2 Å². The van der Waals surface area contributed by atoms with Crippen LogP contribution >= 0.6 is 11.8 Å². The Morgan fingerprint density at radius 3 is 2.62 bits per heavy atom. The van der Waals surface area contributed by atoms with E-state index in [4.69, 9.17) is 5.26 Å². The van der Waals surface area contributed by atoms with E-state index in [1.54, 1.807) is 30.4 Å². The highest BCUT2D eigenvalue weighted by Gasteiger charge is 1.97. The van der Waals surface area contributed by atoms with Gasteiger partial charge in [0.2, 0.25) is 0 Å². The van der Waals surface area contributed by atoms with E-state index in [1.165, 1.54) is 5.56 Å². The fraction of sp³-hybridized carbons (Fsp3) is 0.0833. The molecule has 0 aliphatic rings. The number of hydrogen-bond donors (Lipinski definition) is 0. The molecule has 0 atom stereocenters. The first-order chi connectivity index (χ1) is 7.88. The maximum atomic E-state index is 8.66. The van der Waals surface area contributed by atoms with Gasteiger partial charge in [-0.15, -0.1) is 11.8 Å². The van der Waals surface area contributed by atoms with Gasteiger partial charge in [-0.05, 0) is 17.7 Å². The first kappa shape index (κ1) is 10.7. The second-order valence-electron chi connectivity index (χ2n) is 3.14. The summed E-state index contributed by atoms with van der Waals surface area (Å²) in [5.41, 5.74) is 1.86. The van der Waals surface area contributed by atoms with Gasteiger partial charge in [0.15, 0.2) is 0 Å². The topological polar surface area (TPSA) is 49.6 Å². The number of hydrogen-bond acceptors (Lipinski definition) is 4. The zero-order valence-electron chi connectivity index (χ0n) is 8.50. The van der Waals surface area contributed by atoms with Crippen molar-refractivity contribution < 1.29 is 0 Å². The molecule has 4 heteroatoms. The van der Waals surface area contributed by atoms with Gasteiger partial charge >= 0.3 is 0 Å². The molecule has 0 saturated carbocycles. The summed E-state index contributed by atoms with van der Waals surface area (Å²) >= 11 is 1.63. The zero-order chi connectivity index (χ0) is 11.2. The Balaban J connectivity index is 1.98. The molecular formula is C12H9N3S. The Morgan fingerprint density at radius 1 is 1.19 bits per heavy atom. The van der Waals surface area contributed by atoms with E-state index >= 15 is 0 Å². The lowest BCUT2D eigenvalue weighted by Crippen LogP contribution is -1.84. The first-order valence-corrected chi connectivity index (χ1v) is 5.75. The van der Waals surface area contributed by atoms with E-state index in [9.17, 15) is 0 Å². The summed E-state index contributed by atoms with van der Waals surface area (Å²) in [6.07, 6.45) is 5.08. The van der Waals surface area contributed by atoms with Crippen molar-refractivity contribution in [2.75, 3.05) is 0 Å². The predicted molar refractivity (Wildman–Crippen MR) is 62.8 cm³/mol. The molecule has 0 amide bonds. The van der Waals surface area contributed by atoms with E-state index in [-0.39, 0.29) is 0 Å². The molecule has 0 unspecified atom stereocenters. The lowest BCUT2D eigenvalue weighted by molar-refractivity contribution is 1.05. The number of benzene rings is 1. The molecule has 1 heterocycles. The second-order valence-corrected chi connectivity index (χ2v) is 4.14. The zero-order valence-corrected chi connectivity index (χ0v) is 9.31. The van der Waals surface area contributed by atoms with Gasteiger partial charge in [-0.1, -0.05) is 12.1 Å². The van der Waals surface area contributed by atoms with Gasteiger partial charge < -0.3 is 0 Å². The maximum Gasteiger partial charge on any atom is 0.115 e. The Bertz CT molecular complexity index is 488. The number of thioether (sulfide) groups is 1. The van der Waals surface area contributed by atoms with E-state index in [0.29, 0.717) is 5.56 Å². The molecule has 2 aromatic rings. The van der Waals surface area contributed by atoms with Crippen LogP contribution in [0.5, 0.6) is 0 Å². The second kappa shape index (κ2) is 5.29. The normalized spacial score (nSPS) is 9.69. The van der Waals surface area contributed by atoms with Crippen LogP contribution in [0.25, 0.3) is 0 Å². The number of nitriles is 1. The molecule has 2 rings (SSSR count). The highest BCUT2D eigenvalue weighted by Crippen LogP contribution is 2.19. The molecule has 0 aliphatic carbocycles. The predicted octanol–water partition coefficient (Wildman–Crippen LogP) is 2.64. The standard InChI is InChI=1S/C12H9N3S/c13-7-10-1-3-11(4-2-10)9-16-12-8-14-5-6-15-12/h1-6,8H,9H2. The minimum Gasteiger partial charge on any atom is -0.260 e. The average Bonchev–Trinajstić information content (AvgIpc) is 2.38. The van der Waals surface area contributed by atoms with Gasteiger partial charge in [-0.2, -0.15) is 5.26 Å². The van der Waals surface area contributed by atoms with Crippen LogP contribution in [0.15, 0.2) is 47.9 Å². The van der Waals surface area contributed by atoms with Crippen LogP contribution < -0.4 is 0 Å². The van der Waals surface area contributed by atoms with Crippen molar-refractivity contribution >= 4 is 11.8 Å². The van der Waals surface area contributed by atoms with Crippen LogP contribution in [0.2, 0.25) is 0 Å². The Morgan fingerprint density at radius 2 is 2.00 bits per heavy atom. The third-order valence-corrected chi connectivity index (χ3v) is 2.99. The molecule has 0 spiro atoms. The van der Waals surface area contributed by atoms with E-state index in [0.717, 1.165) is 10.8 Å². The summed E-state index contributed by atoms with van der Waals surface area (Å²) in [5.74, 6) is 0.838. The van der Waals surface area contributed by atoms with Crippen molar-refractivity contribution in [3.05, 3.63) is 54.0 Å². The van der Waals surface area contributed by atoms with Crippen LogP contribution in [-0.4, -0.2) is 9.97 Å². The van der Waals surface area contributed by atoms with Crippen molar-refractivity contribution in [3.63, 3.8) is 0 Å². The monoisotopic (exact) mass is 227 g/mol. The highest BCUT2D eigenvalue weighted by atomic mass is 32.2. The summed E-state index contributed by atoms with van der Waals surface area (Å²) in [4.78, 5) is 8.17. The molecular weight excluding hydrogens is 218 g/mol. The van der Waals surface area contributed by atoms with Crippen LogP contribution in [-0.2, 0) is 5.75 Å². The minimum atomic E-state index is 0.688. The molecule has 0 saturated heterocycles. The molecule has 1 aromatic carbocycles. The van der Waals surface area contributed by atoms with Crippen LogP contribution in [0.1, 0.15) is 11.1 Å². The van der Waals surface area contributed by atoms with Crippen LogP contribution in [0.3, 0.4) is 0 Å². The fourth-order valence-corrected chi connectivity index (χ4v) is 1.97. The molecule has 0 radical (unpaired) electrons. The van der Waals surface area contributed by atoms with Gasteiger partial charge in [-0.3, -0.25) is 4.98 Å². The number of rotatable bonds is 3. The van der Waals surface area contributed by atoms with Crippen molar-refractivity contribution in [3.8, 4) is 6.07 Å². The lowest BCUT2D eigenvalue weighted by Gasteiger charge is -2.00. The van der Waals surface area contributed by atoms with Crippen molar-refractivity contribution in [1.82, 2.24) is 9.97 Å². The molecule has 0 N–H and O–H groups in total. The van der Waals surface area contributed by atoms with Gasteiger partial charge in [0.1, 0.15) is 5.03 Å². The third kappa shape index (κ3) is 2.81. The van der Waals surface area contributed by atoms with Crippen LogP contribution in [0, 0.1) is 11.3 Å². The minimum absolute atomic E-state index is 0.688. The molecule has 3 nitrogen and oxygen atoms in total.